The van der Waals surface area contributed by atoms with Gasteiger partial charge in [0.05, 0.1) is 0 Å². The summed E-state index contributed by atoms with van der Waals surface area (Å²) in [6.45, 7) is 2.10. The van der Waals surface area contributed by atoms with Gasteiger partial charge in [0.1, 0.15) is 5.65 Å². The van der Waals surface area contributed by atoms with Crippen LogP contribution in [0.3, 0.4) is 0 Å². The molecule has 0 aliphatic heterocycles. The zero-order valence-corrected chi connectivity index (χ0v) is 10.2. The molecule has 2 rings (SSSR count). The molecule has 0 aliphatic carbocycles. The average molecular weight is 288 g/mol. The highest BCUT2D eigenvalue weighted by Gasteiger charge is 1.99. The Balaban J connectivity index is 0.000000396. The third kappa shape index (κ3) is 2.02. The van der Waals surface area contributed by atoms with Gasteiger partial charge in [-0.05, 0) is 29.6 Å². The number of aromatic nitrogens is 2. The number of halogens is 1. The Hall–Kier alpha value is -0.580. The van der Waals surface area contributed by atoms with Crippen LogP contribution in [0, 0.1) is 6.92 Å². The number of hydrogen-bond acceptors (Lipinski definition) is 1. The van der Waals surface area contributed by atoms with Gasteiger partial charge in [0.2, 0.25) is 0 Å². The number of aryl methyl sites for hydroxylation is 2. The summed E-state index contributed by atoms with van der Waals surface area (Å²) in [7, 11) is 2.01. The Morgan fingerprint density at radius 1 is 1.31 bits per heavy atom. The molecule has 0 unspecified atom stereocenters. The molecule has 0 radical (unpaired) electrons. The largest absolute Gasteiger partial charge is 0.336 e. The lowest BCUT2D eigenvalue weighted by molar-refractivity contribution is 0.948. The van der Waals surface area contributed by atoms with E-state index in [-0.39, 0.29) is 0 Å². The summed E-state index contributed by atoms with van der Waals surface area (Å²) in [5.41, 5.74) is 2.35. The first-order valence-electron chi connectivity index (χ1n) is 4.03. The van der Waals surface area contributed by atoms with Crippen LogP contribution in [0.2, 0.25) is 0 Å². The van der Waals surface area contributed by atoms with Crippen LogP contribution in [-0.4, -0.2) is 14.5 Å². The molecule has 0 N–H and O–H groups in total. The van der Waals surface area contributed by atoms with E-state index in [0.717, 1.165) is 5.65 Å². The van der Waals surface area contributed by atoms with Crippen LogP contribution >= 0.6 is 22.6 Å². The van der Waals surface area contributed by atoms with Crippen LogP contribution in [0.1, 0.15) is 5.56 Å². The highest BCUT2D eigenvalue weighted by atomic mass is 127. The molecule has 0 fully saturated rings. The summed E-state index contributed by atoms with van der Waals surface area (Å²) in [5, 5.41) is 1.25. The molecule has 0 bridgehead atoms. The minimum absolute atomic E-state index is 1.06. The summed E-state index contributed by atoms with van der Waals surface area (Å²) in [6, 6.07) is 4.12. The highest BCUT2D eigenvalue weighted by molar-refractivity contribution is 14.1. The molecule has 2 aromatic rings. The number of nitrogens with zero attached hydrogens (tertiary/aromatic N) is 2. The Morgan fingerprint density at radius 3 is 2.62 bits per heavy atom. The Morgan fingerprint density at radius 2 is 2.00 bits per heavy atom. The van der Waals surface area contributed by atoms with Crippen molar-refractivity contribution in [1.82, 2.24) is 9.55 Å². The second-order valence-electron chi connectivity index (χ2n) is 2.79. The van der Waals surface area contributed by atoms with Gasteiger partial charge in [-0.1, -0.05) is 22.6 Å². The minimum Gasteiger partial charge on any atom is -0.336 e. The first kappa shape index (κ1) is 10.5. The molecule has 0 saturated carbocycles. The summed E-state index contributed by atoms with van der Waals surface area (Å²) in [4.78, 5) is 6.23. The Bertz CT molecular complexity index is 393. The molecule has 0 amide bonds. The maximum atomic E-state index is 4.26. The molecule has 3 heteroatoms. The predicted molar refractivity (Wildman–Crippen MR) is 65.4 cm³/mol. The third-order valence-electron chi connectivity index (χ3n) is 1.99. The van der Waals surface area contributed by atoms with E-state index in [1.807, 2.05) is 35.0 Å². The minimum atomic E-state index is 1.06. The lowest BCUT2D eigenvalue weighted by atomic mass is 10.2. The van der Waals surface area contributed by atoms with Crippen LogP contribution in [-0.2, 0) is 7.05 Å². The van der Waals surface area contributed by atoms with Gasteiger partial charge >= 0.3 is 0 Å². The normalized spacial score (nSPS) is 9.54. The topological polar surface area (TPSA) is 17.8 Å². The first-order valence-corrected chi connectivity index (χ1v) is 6.19. The molecule has 70 valence electrons. The van der Waals surface area contributed by atoms with Crippen LogP contribution < -0.4 is 0 Å². The summed E-state index contributed by atoms with van der Waals surface area (Å²) >= 11 is 2.15. The lowest BCUT2D eigenvalue weighted by Gasteiger charge is -1.95. The number of hydrogen-bond donors (Lipinski definition) is 0. The average Bonchev–Trinajstić information content (AvgIpc) is 2.53. The van der Waals surface area contributed by atoms with E-state index in [9.17, 15) is 0 Å². The van der Waals surface area contributed by atoms with E-state index in [4.69, 9.17) is 0 Å². The molecular formula is C10H13IN2. The quantitative estimate of drug-likeness (QED) is 0.538. The summed E-state index contributed by atoms with van der Waals surface area (Å²) < 4.78 is 2.03. The maximum Gasteiger partial charge on any atom is 0.139 e. The second-order valence-corrected chi connectivity index (χ2v) is 2.79. The fraction of sp³-hybridized carbons (Fsp3) is 0.300. The van der Waals surface area contributed by atoms with E-state index in [0.29, 0.717) is 0 Å². The van der Waals surface area contributed by atoms with Gasteiger partial charge in [0.25, 0.3) is 0 Å². The Kier molecular flexibility index (Phi) is 3.71. The van der Waals surface area contributed by atoms with Crippen molar-refractivity contribution < 1.29 is 0 Å². The van der Waals surface area contributed by atoms with Gasteiger partial charge in [-0.25, -0.2) is 4.98 Å². The van der Waals surface area contributed by atoms with E-state index in [1.165, 1.54) is 10.9 Å². The van der Waals surface area contributed by atoms with E-state index in [2.05, 4.69) is 40.6 Å². The number of fused-ring (bicyclic) bond motifs is 1. The van der Waals surface area contributed by atoms with Crippen molar-refractivity contribution in [1.29, 1.82) is 0 Å². The van der Waals surface area contributed by atoms with Crippen molar-refractivity contribution >= 4 is 33.6 Å². The molecule has 0 aliphatic rings. The van der Waals surface area contributed by atoms with Crippen LogP contribution in [0.15, 0.2) is 24.5 Å². The van der Waals surface area contributed by atoms with Gasteiger partial charge < -0.3 is 4.57 Å². The predicted octanol–water partition coefficient (Wildman–Crippen LogP) is 2.93. The molecule has 2 aromatic heterocycles. The standard InChI is InChI=1S/C9H10N2.CH3I/c1-7-3-5-10-9-8(7)4-6-11(9)2;1-2/h3-6H,1-2H3;1H3. The van der Waals surface area contributed by atoms with Crippen molar-refractivity contribution in [2.45, 2.75) is 6.92 Å². The fourth-order valence-corrected chi connectivity index (χ4v) is 1.30. The lowest BCUT2D eigenvalue weighted by Crippen LogP contribution is -1.87. The first-order chi connectivity index (χ1) is 6.29. The number of alkyl halides is 1. The molecule has 2 heterocycles. The van der Waals surface area contributed by atoms with Crippen molar-refractivity contribution in [3.63, 3.8) is 0 Å². The third-order valence-corrected chi connectivity index (χ3v) is 1.99. The van der Waals surface area contributed by atoms with Gasteiger partial charge in [-0.15, -0.1) is 0 Å². The van der Waals surface area contributed by atoms with Crippen molar-refractivity contribution in [2.75, 3.05) is 4.93 Å². The van der Waals surface area contributed by atoms with E-state index >= 15 is 0 Å². The number of pyridine rings is 1. The number of rotatable bonds is 0. The van der Waals surface area contributed by atoms with Gasteiger partial charge in [0.15, 0.2) is 0 Å². The monoisotopic (exact) mass is 288 g/mol. The summed E-state index contributed by atoms with van der Waals surface area (Å²) in [6.07, 6.45) is 3.88. The SMILES string of the molecule is CI.Cc1ccnc2c1ccn2C. The van der Waals surface area contributed by atoms with Crippen LogP contribution in [0.4, 0.5) is 0 Å². The smallest absolute Gasteiger partial charge is 0.139 e. The van der Waals surface area contributed by atoms with Crippen LogP contribution in [0.5, 0.6) is 0 Å². The summed E-state index contributed by atoms with van der Waals surface area (Å²) in [5.74, 6) is 0. The van der Waals surface area contributed by atoms with Gasteiger partial charge in [0, 0.05) is 24.8 Å². The zero-order valence-electron chi connectivity index (χ0n) is 8.08. The second kappa shape index (κ2) is 4.60. The fourth-order valence-electron chi connectivity index (χ4n) is 1.30. The molecule has 2 nitrogen and oxygen atoms in total. The maximum absolute atomic E-state index is 4.26. The highest BCUT2D eigenvalue weighted by Crippen LogP contribution is 2.15. The van der Waals surface area contributed by atoms with E-state index < -0.39 is 0 Å². The van der Waals surface area contributed by atoms with Crippen LogP contribution in [0.25, 0.3) is 11.0 Å². The molecular weight excluding hydrogens is 275 g/mol. The van der Waals surface area contributed by atoms with E-state index in [1.54, 1.807) is 0 Å². The van der Waals surface area contributed by atoms with Crippen molar-refractivity contribution in [2.24, 2.45) is 7.05 Å². The Labute approximate surface area is 92.1 Å². The van der Waals surface area contributed by atoms with Gasteiger partial charge in [-0.2, -0.15) is 0 Å². The van der Waals surface area contributed by atoms with Crippen molar-refractivity contribution in [3.8, 4) is 0 Å². The molecule has 0 spiro atoms. The molecule has 13 heavy (non-hydrogen) atoms. The molecule has 0 saturated heterocycles. The zero-order chi connectivity index (χ0) is 9.84. The molecule has 0 aromatic carbocycles. The van der Waals surface area contributed by atoms with Crippen molar-refractivity contribution in [3.05, 3.63) is 30.1 Å². The van der Waals surface area contributed by atoms with Gasteiger partial charge in [-0.3, -0.25) is 0 Å². The molecule has 0 atom stereocenters.